The molecule has 0 rings (SSSR count). The minimum atomic E-state index is 0. The Morgan fingerprint density at radius 1 is 0.375 bits per heavy atom. The minimum absolute atomic E-state index is 0. The number of hydrogen-bond acceptors (Lipinski definition) is 0. The van der Waals surface area contributed by atoms with E-state index in [0.717, 1.165) is 0 Å². The summed E-state index contributed by atoms with van der Waals surface area (Å²) in [7, 11) is 0. The van der Waals surface area contributed by atoms with E-state index in [1.807, 2.05) is 0 Å². The summed E-state index contributed by atoms with van der Waals surface area (Å²) in [5, 5.41) is 0. The first-order valence-electron chi connectivity index (χ1n) is 0. The van der Waals surface area contributed by atoms with Crippen molar-refractivity contribution in [2.24, 2.45) is 0 Å². The maximum atomic E-state index is 0. The molecule has 8 heteroatoms. The number of hydrogen-bond donors (Lipinski definition) is 0. The Morgan fingerprint density at radius 2 is 0.375 bits per heavy atom. The van der Waals surface area contributed by atoms with Crippen molar-refractivity contribution >= 4 is 0 Å². The van der Waals surface area contributed by atoms with E-state index in [0.29, 0.717) is 0 Å². The van der Waals surface area contributed by atoms with Crippen LogP contribution in [-0.2, 0) is 58.2 Å². The molecule has 60 valence electrons. The van der Waals surface area contributed by atoms with Gasteiger partial charge in [0.15, 0.2) is 0 Å². The van der Waals surface area contributed by atoms with Gasteiger partial charge in [-0.25, -0.2) is 0 Å². The average Bonchev–Trinajstić information content (AvgIpc) is 0. The first-order chi connectivity index (χ1) is 0. The molecule has 0 aliphatic rings. The molecule has 0 aromatic rings. The van der Waals surface area contributed by atoms with Crippen molar-refractivity contribution in [1.82, 2.24) is 0 Å². The maximum Gasteiger partial charge on any atom is 0 e. The Morgan fingerprint density at radius 3 is 0.375 bits per heavy atom. The van der Waals surface area contributed by atoms with Crippen LogP contribution in [0.4, 0.5) is 0 Å². The van der Waals surface area contributed by atoms with Gasteiger partial charge in [0.2, 0.25) is 0 Å². The van der Waals surface area contributed by atoms with Crippen molar-refractivity contribution in [3.8, 4) is 0 Å². The Labute approximate surface area is 85.2 Å². The molecule has 5 nitrogen and oxygen atoms in total. The molecule has 0 aliphatic heterocycles. The van der Waals surface area contributed by atoms with Crippen molar-refractivity contribution in [2.45, 2.75) is 0 Å². The number of rotatable bonds is 0. The zero-order valence-electron chi connectivity index (χ0n) is 3.71. The first kappa shape index (κ1) is 264. The first-order valence-corrected chi connectivity index (χ1v) is 0. The van der Waals surface area contributed by atoms with Crippen LogP contribution in [0.5, 0.6) is 0 Å². The van der Waals surface area contributed by atoms with Gasteiger partial charge in [-0.2, -0.15) is 0 Å². The molecule has 0 fully saturated rings. The second kappa shape index (κ2) is 185. The van der Waals surface area contributed by atoms with Crippen LogP contribution in [0.3, 0.4) is 0 Å². The van der Waals surface area contributed by atoms with Crippen LogP contribution in [-0.4, -0.2) is 27.4 Å². The Bertz CT molecular complexity index is 10.4. The van der Waals surface area contributed by atoms with E-state index in [1.54, 1.807) is 0 Å². The molecule has 2 radical (unpaired) electrons. The van der Waals surface area contributed by atoms with Crippen LogP contribution in [0, 0.1) is 0 Å². The summed E-state index contributed by atoms with van der Waals surface area (Å²) >= 11 is 0. The molecular weight excluding hydrogens is 377 g/mol. The van der Waals surface area contributed by atoms with Crippen molar-refractivity contribution < 1.29 is 85.6 Å². The van der Waals surface area contributed by atoms with E-state index in [-0.39, 0.29) is 85.6 Å². The van der Waals surface area contributed by atoms with Crippen LogP contribution < -0.4 is 0 Å². The predicted octanol–water partition coefficient (Wildman–Crippen LogP) is -4.13. The van der Waals surface area contributed by atoms with Gasteiger partial charge in [-0.15, -0.1) is 0 Å². The molecule has 0 saturated heterocycles. The van der Waals surface area contributed by atoms with Gasteiger partial charge in [0.05, 0.1) is 0 Å². The van der Waals surface area contributed by atoms with Gasteiger partial charge in [0.25, 0.3) is 0 Å². The molecule has 8 heavy (non-hydrogen) atoms. The molecule has 0 amide bonds. The van der Waals surface area contributed by atoms with Crippen molar-refractivity contribution in [3.05, 3.63) is 0 Å². The van der Waals surface area contributed by atoms with Crippen LogP contribution in [0.2, 0.25) is 0 Å². The molecule has 0 atom stereocenters. The molecule has 0 saturated carbocycles. The average molecular weight is 387 g/mol. The quantitative estimate of drug-likeness (QED) is 0.396. The van der Waals surface area contributed by atoms with Gasteiger partial charge in [-0.3, -0.25) is 0 Å². The Hall–Kier alpha value is 1.66. The van der Waals surface area contributed by atoms with Crippen molar-refractivity contribution in [3.63, 3.8) is 0 Å². The van der Waals surface area contributed by atoms with E-state index in [1.165, 1.54) is 0 Å². The molecule has 0 aliphatic carbocycles. The largest absolute Gasteiger partial charge is 0.412 e. The molecule has 0 unspecified atom stereocenters. The molecule has 0 bridgehead atoms. The zero-order chi connectivity index (χ0) is 0. The van der Waals surface area contributed by atoms with E-state index in [2.05, 4.69) is 0 Å². The molecule has 0 heterocycles. The van der Waals surface area contributed by atoms with Gasteiger partial charge in [0, 0.05) is 58.2 Å². The Kier molecular flexibility index (Phi) is 6090. The summed E-state index contributed by atoms with van der Waals surface area (Å²) in [6.45, 7) is 0. The normalized spacial score (nSPS) is 0. The zero-order valence-corrected chi connectivity index (χ0v) is 8.78. The van der Waals surface area contributed by atoms with E-state index >= 15 is 0 Å². The fraction of sp³-hybridized carbons (Fsp3) is 0. The summed E-state index contributed by atoms with van der Waals surface area (Å²) in [6.07, 6.45) is 0. The minimum Gasteiger partial charge on any atom is -0.412 e. The third-order valence-electron chi connectivity index (χ3n) is 0. The topological polar surface area (TPSA) is 158 Å². The molecule has 0 aromatic heterocycles. The second-order valence-corrected chi connectivity index (χ2v) is 0. The summed E-state index contributed by atoms with van der Waals surface area (Å²) in [4.78, 5) is 0. The van der Waals surface area contributed by atoms with Gasteiger partial charge in [0.1, 0.15) is 0 Å². The van der Waals surface area contributed by atoms with Gasteiger partial charge >= 0.3 is 0 Å². The molecule has 0 aromatic carbocycles. The second-order valence-electron chi connectivity index (χ2n) is 0. The van der Waals surface area contributed by atoms with Gasteiger partial charge < -0.3 is 27.4 Å². The monoisotopic (exact) mass is 387 g/mol. The summed E-state index contributed by atoms with van der Waals surface area (Å²) < 4.78 is 0. The molecular formula is H10O5PtV2. The fourth-order valence-corrected chi connectivity index (χ4v) is 0. The maximum absolute atomic E-state index is 0. The third kappa shape index (κ3) is 124. The van der Waals surface area contributed by atoms with Crippen LogP contribution in [0.1, 0.15) is 0 Å². The van der Waals surface area contributed by atoms with Crippen LogP contribution >= 0.6 is 0 Å². The van der Waals surface area contributed by atoms with E-state index in [9.17, 15) is 0 Å². The Balaban J connectivity index is 0. The standard InChI is InChI=1S/5H2O.Pt.2V/h5*1H2;;;. The summed E-state index contributed by atoms with van der Waals surface area (Å²) in [6, 6.07) is 0. The van der Waals surface area contributed by atoms with Crippen LogP contribution in [0.25, 0.3) is 0 Å². The van der Waals surface area contributed by atoms with Crippen LogP contribution in [0.15, 0.2) is 0 Å². The third-order valence-corrected chi connectivity index (χ3v) is 0. The van der Waals surface area contributed by atoms with E-state index in [4.69, 9.17) is 0 Å². The SMILES string of the molecule is O.O.O.O.O.[Pt].[V].[V]. The molecule has 10 N–H and O–H groups in total. The van der Waals surface area contributed by atoms with E-state index < -0.39 is 0 Å². The predicted molar refractivity (Wildman–Crippen MR) is 18.1 cm³/mol. The fourth-order valence-electron chi connectivity index (χ4n) is 0. The van der Waals surface area contributed by atoms with Crippen molar-refractivity contribution in [2.75, 3.05) is 0 Å². The smallest absolute Gasteiger partial charge is 0 e. The van der Waals surface area contributed by atoms with Crippen molar-refractivity contribution in [1.29, 1.82) is 0 Å². The molecule has 0 spiro atoms. The summed E-state index contributed by atoms with van der Waals surface area (Å²) in [5.41, 5.74) is 0. The summed E-state index contributed by atoms with van der Waals surface area (Å²) in [5.74, 6) is 0. The van der Waals surface area contributed by atoms with Gasteiger partial charge in [-0.05, 0) is 0 Å². The van der Waals surface area contributed by atoms with Gasteiger partial charge in [-0.1, -0.05) is 0 Å².